The summed E-state index contributed by atoms with van der Waals surface area (Å²) < 4.78 is 5.59. The molecule has 2 heterocycles. The van der Waals surface area contributed by atoms with Crippen LogP contribution in [0.4, 0.5) is 11.5 Å². The molecule has 232 valence electrons. The first-order valence-corrected chi connectivity index (χ1v) is 14.2. The largest absolute Gasteiger partial charge is 0.494 e. The number of halogens is 1. The van der Waals surface area contributed by atoms with Crippen molar-refractivity contribution in [2.24, 2.45) is 5.41 Å². The summed E-state index contributed by atoms with van der Waals surface area (Å²) in [5.41, 5.74) is 1.65. The number of hydrogen-bond acceptors (Lipinski definition) is 8. The van der Waals surface area contributed by atoms with Gasteiger partial charge in [0.2, 0.25) is 17.7 Å². The molecule has 1 fully saturated rings. The van der Waals surface area contributed by atoms with E-state index in [9.17, 15) is 14.4 Å². The normalized spacial score (nSPS) is 16.1. The molecule has 3 aromatic rings. The van der Waals surface area contributed by atoms with Crippen LogP contribution in [0.3, 0.4) is 0 Å². The molecule has 2 aromatic carbocycles. The number of methoxy groups -OCH3 is 1. The van der Waals surface area contributed by atoms with Gasteiger partial charge in [0.1, 0.15) is 30.0 Å². The van der Waals surface area contributed by atoms with E-state index in [0.717, 1.165) is 10.9 Å². The molecule has 4 N–H and O–H groups in total. The van der Waals surface area contributed by atoms with Crippen LogP contribution in [0.25, 0.3) is 10.9 Å². The van der Waals surface area contributed by atoms with Crippen molar-refractivity contribution < 1.29 is 19.1 Å². The number of likely N-dealkylation sites (N-methyl/N-ethyl adjacent to an activating group) is 1. The van der Waals surface area contributed by atoms with Gasteiger partial charge in [-0.15, -0.1) is 12.4 Å². The minimum absolute atomic E-state index is 0. The molecule has 0 aliphatic carbocycles. The van der Waals surface area contributed by atoms with Gasteiger partial charge in [-0.1, -0.05) is 51.1 Å². The Bertz CT molecular complexity index is 1430. The summed E-state index contributed by atoms with van der Waals surface area (Å²) in [5, 5.41) is 12.9. The van der Waals surface area contributed by atoms with Crippen LogP contribution >= 0.6 is 12.4 Å². The van der Waals surface area contributed by atoms with Gasteiger partial charge in [-0.25, -0.2) is 9.97 Å². The second-order valence-corrected chi connectivity index (χ2v) is 11.6. The van der Waals surface area contributed by atoms with Gasteiger partial charge in [-0.2, -0.15) is 0 Å². The van der Waals surface area contributed by atoms with E-state index < -0.39 is 23.5 Å². The van der Waals surface area contributed by atoms with E-state index in [-0.39, 0.29) is 30.1 Å². The Balaban J connectivity index is 0.00000506. The average molecular weight is 612 g/mol. The Morgan fingerprint density at radius 3 is 2.49 bits per heavy atom. The van der Waals surface area contributed by atoms with Crippen molar-refractivity contribution in [3.05, 3.63) is 54.4 Å². The van der Waals surface area contributed by atoms with Crippen LogP contribution in [-0.2, 0) is 20.9 Å². The summed E-state index contributed by atoms with van der Waals surface area (Å²) in [6, 6.07) is 11.6. The minimum Gasteiger partial charge on any atom is -0.494 e. The van der Waals surface area contributed by atoms with E-state index in [1.165, 1.54) is 13.4 Å². The number of rotatable bonds is 10. The van der Waals surface area contributed by atoms with E-state index in [4.69, 9.17) is 4.74 Å². The third-order valence-corrected chi connectivity index (χ3v) is 7.58. The molecule has 0 spiro atoms. The molecule has 0 radical (unpaired) electrons. The van der Waals surface area contributed by atoms with Gasteiger partial charge in [-0.05, 0) is 43.9 Å². The first-order chi connectivity index (χ1) is 20.0. The molecule has 1 aliphatic heterocycles. The maximum absolute atomic E-state index is 13.8. The predicted octanol–water partition coefficient (Wildman–Crippen LogP) is 3.74. The molecule has 1 saturated heterocycles. The third-order valence-electron chi connectivity index (χ3n) is 7.58. The Labute approximate surface area is 259 Å². The molecular weight excluding hydrogens is 570 g/mol. The lowest BCUT2D eigenvalue weighted by Gasteiger charge is -2.36. The summed E-state index contributed by atoms with van der Waals surface area (Å²) in [5.74, 6) is 0.199. The van der Waals surface area contributed by atoms with Gasteiger partial charge in [0.15, 0.2) is 0 Å². The Morgan fingerprint density at radius 1 is 1.12 bits per heavy atom. The number of nitrogens with zero attached hydrogens (tertiary/aromatic N) is 3. The fraction of sp³-hybridized carbons (Fsp3) is 0.452. The second-order valence-electron chi connectivity index (χ2n) is 11.6. The number of anilines is 2. The van der Waals surface area contributed by atoms with Gasteiger partial charge < -0.3 is 30.9 Å². The van der Waals surface area contributed by atoms with Gasteiger partial charge in [0, 0.05) is 24.5 Å². The number of carbonyl (C=O) groups excluding carboxylic acids is 3. The summed E-state index contributed by atoms with van der Waals surface area (Å²) in [7, 11) is 3.22. The number of aromatic nitrogens is 2. The maximum Gasteiger partial charge on any atom is 0.247 e. The van der Waals surface area contributed by atoms with Gasteiger partial charge in [0.05, 0.1) is 24.4 Å². The van der Waals surface area contributed by atoms with Crippen LogP contribution in [0.15, 0.2) is 48.8 Å². The quantitative estimate of drug-likeness (QED) is 0.272. The van der Waals surface area contributed by atoms with Crippen molar-refractivity contribution >= 4 is 52.5 Å². The van der Waals surface area contributed by atoms with Gasteiger partial charge >= 0.3 is 0 Å². The number of likely N-dealkylation sites (tertiary alicyclic amines) is 1. The molecule has 0 bridgehead atoms. The first-order valence-electron chi connectivity index (χ1n) is 14.2. The molecule has 0 saturated carbocycles. The van der Waals surface area contributed by atoms with Crippen molar-refractivity contribution in [1.29, 1.82) is 0 Å². The highest BCUT2D eigenvalue weighted by atomic mass is 35.5. The van der Waals surface area contributed by atoms with Gasteiger partial charge in [-0.3, -0.25) is 14.4 Å². The van der Waals surface area contributed by atoms with Crippen molar-refractivity contribution in [3.63, 3.8) is 0 Å². The van der Waals surface area contributed by atoms with E-state index in [1.807, 2.05) is 51.1 Å². The number of carbonyl (C=O) groups is 3. The molecule has 3 atom stereocenters. The zero-order valence-electron chi connectivity index (χ0n) is 25.6. The molecule has 1 aromatic heterocycles. The fourth-order valence-corrected chi connectivity index (χ4v) is 5.00. The van der Waals surface area contributed by atoms with Crippen LogP contribution in [0.1, 0.15) is 46.1 Å². The third kappa shape index (κ3) is 7.91. The summed E-state index contributed by atoms with van der Waals surface area (Å²) >= 11 is 0. The summed E-state index contributed by atoms with van der Waals surface area (Å²) in [4.78, 5) is 50.6. The van der Waals surface area contributed by atoms with Crippen LogP contribution in [0, 0.1) is 5.41 Å². The first kappa shape index (κ1) is 33.5. The fourth-order valence-electron chi connectivity index (χ4n) is 5.00. The molecule has 12 heteroatoms. The number of ether oxygens (including phenoxy) is 1. The lowest BCUT2D eigenvalue weighted by Crippen LogP contribution is -2.59. The highest BCUT2D eigenvalue weighted by Gasteiger charge is 2.42. The smallest absolute Gasteiger partial charge is 0.247 e. The number of nitrogens with one attached hydrogen (secondary N) is 4. The number of fused-ring (bicyclic) bond motifs is 1. The van der Waals surface area contributed by atoms with Crippen molar-refractivity contribution in [1.82, 2.24) is 25.5 Å². The molecule has 43 heavy (non-hydrogen) atoms. The zero-order valence-corrected chi connectivity index (χ0v) is 26.4. The second kappa shape index (κ2) is 14.5. The Kier molecular flexibility index (Phi) is 11.3. The average Bonchev–Trinajstić information content (AvgIpc) is 3.48. The van der Waals surface area contributed by atoms with Crippen LogP contribution in [0.5, 0.6) is 5.75 Å². The molecule has 11 nitrogen and oxygen atoms in total. The van der Waals surface area contributed by atoms with Crippen LogP contribution in [0.2, 0.25) is 0 Å². The van der Waals surface area contributed by atoms with E-state index >= 15 is 0 Å². The zero-order chi connectivity index (χ0) is 30.4. The molecular formula is C31H42ClN7O4. The topological polar surface area (TPSA) is 138 Å². The Hall–Kier alpha value is -3.96. The molecule has 3 amide bonds. The van der Waals surface area contributed by atoms with Crippen molar-refractivity contribution in [3.8, 4) is 5.75 Å². The van der Waals surface area contributed by atoms with Crippen LogP contribution < -0.4 is 26.0 Å². The van der Waals surface area contributed by atoms with E-state index in [1.54, 1.807) is 31.0 Å². The summed E-state index contributed by atoms with van der Waals surface area (Å²) in [6.45, 7) is 8.43. The van der Waals surface area contributed by atoms with Gasteiger partial charge in [0.25, 0.3) is 0 Å². The standard InChI is InChI=1S/C31H41N7O4.ClH/c1-19(32-5)28(39)37-26(31(2,3)4)30(41)38-14-10-13-24(38)29(40)36-23-15-21-22(16-25(23)42-6)34-18-35-27(21)33-17-20-11-8-7-9-12-20;/h7-9,11-12,15-16,18-19,24,26,32H,10,13-14,17H2,1-6H3,(H,36,40)(H,37,39)(H,33,34,35);1H. The monoisotopic (exact) mass is 611 g/mol. The molecule has 3 unspecified atom stereocenters. The predicted molar refractivity (Wildman–Crippen MR) is 170 cm³/mol. The maximum atomic E-state index is 13.8. The lowest BCUT2D eigenvalue weighted by molar-refractivity contribution is -0.143. The van der Waals surface area contributed by atoms with Crippen LogP contribution in [-0.4, -0.2) is 71.4 Å². The lowest BCUT2D eigenvalue weighted by atomic mass is 9.85. The van der Waals surface area contributed by atoms with E-state index in [2.05, 4.69) is 31.2 Å². The minimum atomic E-state index is -0.792. The summed E-state index contributed by atoms with van der Waals surface area (Å²) in [6.07, 6.45) is 2.67. The highest BCUT2D eigenvalue weighted by molar-refractivity contribution is 6.02. The Morgan fingerprint density at radius 2 is 1.84 bits per heavy atom. The number of hydrogen-bond donors (Lipinski definition) is 4. The van der Waals surface area contributed by atoms with Crippen molar-refractivity contribution in [2.45, 2.75) is 65.2 Å². The highest BCUT2D eigenvalue weighted by Crippen LogP contribution is 2.33. The molecule has 1 aliphatic rings. The van der Waals surface area contributed by atoms with E-state index in [0.29, 0.717) is 48.7 Å². The number of benzene rings is 2. The SMILES string of the molecule is CNC(C)C(=O)NC(C(=O)N1CCCC1C(=O)Nc1cc2c(NCc3ccccc3)ncnc2cc1OC)C(C)(C)C.Cl. The number of amides is 3. The molecule has 4 rings (SSSR count). The van der Waals surface area contributed by atoms with Crippen molar-refractivity contribution in [2.75, 3.05) is 31.3 Å².